The van der Waals surface area contributed by atoms with Gasteiger partial charge in [-0.15, -0.1) is 0 Å². The summed E-state index contributed by atoms with van der Waals surface area (Å²) < 4.78 is 0. The van der Waals surface area contributed by atoms with Gasteiger partial charge in [0.15, 0.2) is 0 Å². The zero-order valence-electron chi connectivity index (χ0n) is 18.2. The van der Waals surface area contributed by atoms with Crippen LogP contribution in [0.3, 0.4) is 0 Å². The summed E-state index contributed by atoms with van der Waals surface area (Å²) in [6.45, 7) is 7.54. The second-order valence-corrected chi connectivity index (χ2v) is 8.75. The molecule has 1 N–H and O–H groups in total. The van der Waals surface area contributed by atoms with E-state index in [2.05, 4.69) is 5.32 Å². The fourth-order valence-electron chi connectivity index (χ4n) is 3.29. The summed E-state index contributed by atoms with van der Waals surface area (Å²) in [6, 6.07) is 12.5. The Balaban J connectivity index is 2.41. The number of rotatable bonds is 8. The highest BCUT2D eigenvalue weighted by atomic mass is 35.5. The maximum atomic E-state index is 13.4. The Hall–Kier alpha value is -2.93. The molecule has 7 nitrogen and oxygen atoms in total. The number of hydrogen-bond acceptors (Lipinski definition) is 4. The molecular formula is C23H28ClN3O4. The van der Waals surface area contributed by atoms with Crippen molar-refractivity contribution in [2.45, 2.75) is 58.7 Å². The first-order valence-corrected chi connectivity index (χ1v) is 10.5. The quantitative estimate of drug-likeness (QED) is 0.477. The summed E-state index contributed by atoms with van der Waals surface area (Å²) in [6.07, 6.45) is 0.190. The first-order valence-electron chi connectivity index (χ1n) is 10.1. The molecule has 0 aliphatic carbocycles. The van der Waals surface area contributed by atoms with Crippen molar-refractivity contribution in [1.29, 1.82) is 0 Å². The van der Waals surface area contributed by atoms with Gasteiger partial charge in [-0.05, 0) is 38.8 Å². The Morgan fingerprint density at radius 2 is 1.68 bits per heavy atom. The fourth-order valence-corrected chi connectivity index (χ4v) is 3.48. The van der Waals surface area contributed by atoms with Gasteiger partial charge in [-0.1, -0.05) is 54.9 Å². The van der Waals surface area contributed by atoms with E-state index in [-0.39, 0.29) is 30.5 Å². The third-order valence-electron chi connectivity index (χ3n) is 4.71. The lowest BCUT2D eigenvalue weighted by Gasteiger charge is -2.33. The number of nitro groups is 1. The Labute approximate surface area is 187 Å². The molecule has 0 saturated carbocycles. The van der Waals surface area contributed by atoms with E-state index in [0.717, 1.165) is 0 Å². The van der Waals surface area contributed by atoms with Crippen LogP contribution >= 0.6 is 11.6 Å². The average molecular weight is 446 g/mol. The molecule has 0 aromatic heterocycles. The van der Waals surface area contributed by atoms with E-state index in [1.54, 1.807) is 36.4 Å². The van der Waals surface area contributed by atoms with Gasteiger partial charge in [0, 0.05) is 28.7 Å². The van der Waals surface area contributed by atoms with Gasteiger partial charge < -0.3 is 10.2 Å². The molecule has 0 bridgehead atoms. The van der Waals surface area contributed by atoms with Crippen molar-refractivity contribution in [3.8, 4) is 0 Å². The monoisotopic (exact) mass is 445 g/mol. The van der Waals surface area contributed by atoms with Crippen molar-refractivity contribution in [2.75, 3.05) is 0 Å². The number of nitro benzene ring substituents is 1. The van der Waals surface area contributed by atoms with Gasteiger partial charge in [-0.3, -0.25) is 19.7 Å². The topological polar surface area (TPSA) is 92.6 Å². The van der Waals surface area contributed by atoms with Crippen LogP contribution in [0.5, 0.6) is 0 Å². The average Bonchev–Trinajstić information content (AvgIpc) is 2.68. The van der Waals surface area contributed by atoms with Gasteiger partial charge in [0.05, 0.1) is 11.3 Å². The molecule has 0 fully saturated rings. The zero-order chi connectivity index (χ0) is 23.2. The largest absolute Gasteiger partial charge is 0.350 e. The zero-order valence-corrected chi connectivity index (χ0v) is 19.0. The van der Waals surface area contributed by atoms with Crippen LogP contribution in [0.4, 0.5) is 5.69 Å². The molecule has 166 valence electrons. The summed E-state index contributed by atoms with van der Waals surface area (Å²) in [5.41, 5.74) is 0.400. The molecule has 2 rings (SSSR count). The molecule has 0 spiro atoms. The van der Waals surface area contributed by atoms with Crippen LogP contribution in [-0.4, -0.2) is 33.2 Å². The molecule has 0 aliphatic heterocycles. The molecule has 8 heteroatoms. The Morgan fingerprint density at radius 1 is 1.10 bits per heavy atom. The fraction of sp³-hybridized carbons (Fsp3) is 0.391. The van der Waals surface area contributed by atoms with E-state index in [0.29, 0.717) is 22.6 Å². The number of nitrogens with zero attached hydrogens (tertiary/aromatic N) is 2. The van der Waals surface area contributed by atoms with Crippen molar-refractivity contribution in [2.24, 2.45) is 0 Å². The summed E-state index contributed by atoms with van der Waals surface area (Å²) >= 11 is 6.31. The lowest BCUT2D eigenvalue weighted by atomic mass is 10.0. The third kappa shape index (κ3) is 6.79. The number of amides is 2. The number of carbonyl (C=O) groups is 2. The van der Waals surface area contributed by atoms with E-state index >= 15 is 0 Å². The Kier molecular flexibility index (Phi) is 8.16. The van der Waals surface area contributed by atoms with Crippen molar-refractivity contribution >= 4 is 29.1 Å². The number of halogens is 1. The van der Waals surface area contributed by atoms with Crippen LogP contribution in [0.25, 0.3) is 0 Å². The molecule has 0 aliphatic rings. The van der Waals surface area contributed by atoms with Crippen LogP contribution in [0.2, 0.25) is 5.02 Å². The number of nitrogens with one attached hydrogen (secondary N) is 1. The van der Waals surface area contributed by atoms with E-state index < -0.39 is 16.5 Å². The minimum absolute atomic E-state index is 0.120. The van der Waals surface area contributed by atoms with Crippen LogP contribution in [-0.2, 0) is 22.6 Å². The van der Waals surface area contributed by atoms with Gasteiger partial charge in [0.25, 0.3) is 5.69 Å². The van der Waals surface area contributed by atoms with Crippen molar-refractivity contribution < 1.29 is 14.5 Å². The van der Waals surface area contributed by atoms with Gasteiger partial charge in [0.1, 0.15) is 6.04 Å². The molecule has 1 unspecified atom stereocenters. The number of hydrogen-bond donors (Lipinski definition) is 1. The first kappa shape index (κ1) is 24.3. The van der Waals surface area contributed by atoms with Crippen molar-refractivity contribution in [1.82, 2.24) is 10.2 Å². The van der Waals surface area contributed by atoms with E-state index in [1.807, 2.05) is 33.8 Å². The summed E-state index contributed by atoms with van der Waals surface area (Å²) in [5.74, 6) is -0.664. The Morgan fingerprint density at radius 3 is 2.23 bits per heavy atom. The minimum atomic E-state index is -0.745. The lowest BCUT2D eigenvalue weighted by Crippen LogP contribution is -2.53. The SMILES string of the molecule is CCC(C(=O)NC(C)(C)C)N(Cc1ccccc1Cl)C(=O)Cc1ccccc1[N+](=O)[O-]. The summed E-state index contributed by atoms with van der Waals surface area (Å²) in [7, 11) is 0. The predicted molar refractivity (Wildman–Crippen MR) is 121 cm³/mol. The highest BCUT2D eigenvalue weighted by molar-refractivity contribution is 6.31. The molecule has 0 radical (unpaired) electrons. The summed E-state index contributed by atoms with van der Waals surface area (Å²) in [5, 5.41) is 14.8. The first-order chi connectivity index (χ1) is 14.5. The molecule has 2 aromatic carbocycles. The summed E-state index contributed by atoms with van der Waals surface area (Å²) in [4.78, 5) is 38.7. The number of benzene rings is 2. The van der Waals surface area contributed by atoms with E-state index in [1.165, 1.54) is 11.0 Å². The van der Waals surface area contributed by atoms with E-state index in [4.69, 9.17) is 11.6 Å². The van der Waals surface area contributed by atoms with Crippen LogP contribution in [0.15, 0.2) is 48.5 Å². The number of carbonyl (C=O) groups excluding carboxylic acids is 2. The Bertz CT molecular complexity index is 956. The molecule has 31 heavy (non-hydrogen) atoms. The second kappa shape index (κ2) is 10.4. The van der Waals surface area contributed by atoms with E-state index in [9.17, 15) is 19.7 Å². The standard InChI is InChI=1S/C23H28ClN3O4/c1-5-19(22(29)25-23(2,3)4)26(15-17-11-6-8-12-18(17)24)21(28)14-16-10-7-9-13-20(16)27(30)31/h6-13,19H,5,14-15H2,1-4H3,(H,25,29). The van der Waals surface area contributed by atoms with Crippen molar-refractivity contribution in [3.63, 3.8) is 0 Å². The highest BCUT2D eigenvalue weighted by Crippen LogP contribution is 2.23. The van der Waals surface area contributed by atoms with Crippen molar-refractivity contribution in [3.05, 3.63) is 74.8 Å². The van der Waals surface area contributed by atoms with Crippen LogP contribution in [0, 0.1) is 10.1 Å². The molecule has 0 heterocycles. The molecule has 1 atom stereocenters. The van der Waals surface area contributed by atoms with Gasteiger partial charge in [0.2, 0.25) is 11.8 Å². The van der Waals surface area contributed by atoms with Gasteiger partial charge >= 0.3 is 0 Å². The molecule has 2 aromatic rings. The van der Waals surface area contributed by atoms with Crippen LogP contribution < -0.4 is 5.32 Å². The molecule has 2 amide bonds. The number of para-hydroxylation sites is 1. The molecular weight excluding hydrogens is 418 g/mol. The van der Waals surface area contributed by atoms with Crippen LogP contribution in [0.1, 0.15) is 45.2 Å². The molecule has 0 saturated heterocycles. The predicted octanol–water partition coefficient (Wildman–Crippen LogP) is 4.51. The van der Waals surface area contributed by atoms with Gasteiger partial charge in [-0.2, -0.15) is 0 Å². The normalized spacial score (nSPS) is 12.2. The van der Waals surface area contributed by atoms with Gasteiger partial charge in [-0.25, -0.2) is 0 Å². The third-order valence-corrected chi connectivity index (χ3v) is 5.08. The highest BCUT2D eigenvalue weighted by Gasteiger charge is 2.31. The minimum Gasteiger partial charge on any atom is -0.350 e. The maximum absolute atomic E-state index is 13.4. The second-order valence-electron chi connectivity index (χ2n) is 8.34. The smallest absolute Gasteiger partial charge is 0.273 e. The lowest BCUT2D eigenvalue weighted by molar-refractivity contribution is -0.385. The maximum Gasteiger partial charge on any atom is 0.273 e.